The minimum atomic E-state index is -0.881. The van der Waals surface area contributed by atoms with E-state index in [9.17, 15) is 9.90 Å². The van der Waals surface area contributed by atoms with Crippen LogP contribution in [-0.4, -0.2) is 47.8 Å². The van der Waals surface area contributed by atoms with Gasteiger partial charge in [-0.05, 0) is 32.7 Å². The van der Waals surface area contributed by atoms with Crippen LogP contribution in [0, 0.1) is 5.92 Å². The van der Waals surface area contributed by atoms with Gasteiger partial charge in [0, 0.05) is 12.6 Å². The van der Waals surface area contributed by atoms with Crippen molar-refractivity contribution in [3.8, 4) is 0 Å². The normalized spacial score (nSPS) is 36.8. The lowest BCUT2D eigenvalue weighted by molar-refractivity contribution is -0.157. The molecule has 4 nitrogen and oxygen atoms in total. The fourth-order valence-corrected chi connectivity index (χ4v) is 3.20. The van der Waals surface area contributed by atoms with Crippen molar-refractivity contribution < 1.29 is 14.6 Å². The van der Waals surface area contributed by atoms with Crippen molar-refractivity contribution in [2.45, 2.75) is 44.2 Å². The number of rotatable bonds is 2. The molecule has 0 aliphatic carbocycles. The molecule has 0 radical (unpaired) electrons. The van der Waals surface area contributed by atoms with Gasteiger partial charge >= 0.3 is 5.97 Å². The third-order valence-electron chi connectivity index (χ3n) is 4.29. The van der Waals surface area contributed by atoms with E-state index in [0.717, 1.165) is 25.9 Å². The SMILES string of the molecule is COC(=O)C(C)C1(O)CCN2CCCCC21. The van der Waals surface area contributed by atoms with E-state index in [-0.39, 0.29) is 12.0 Å². The number of carbonyl (C=O) groups is 1. The van der Waals surface area contributed by atoms with Gasteiger partial charge in [-0.15, -0.1) is 0 Å². The Morgan fingerprint density at radius 3 is 2.94 bits per heavy atom. The molecule has 2 aliphatic heterocycles. The van der Waals surface area contributed by atoms with Gasteiger partial charge in [0.25, 0.3) is 0 Å². The second-order valence-electron chi connectivity index (χ2n) is 5.03. The minimum Gasteiger partial charge on any atom is -0.469 e. The van der Waals surface area contributed by atoms with Crippen LogP contribution in [0.4, 0.5) is 0 Å². The van der Waals surface area contributed by atoms with E-state index in [1.807, 2.05) is 0 Å². The standard InChI is InChI=1S/C12H21NO3/c1-9(11(14)16-2)12(15)6-8-13-7-4-3-5-10(12)13/h9-10,15H,3-8H2,1-2H3. The van der Waals surface area contributed by atoms with Crippen LogP contribution in [0.5, 0.6) is 0 Å². The molecule has 1 N–H and O–H groups in total. The summed E-state index contributed by atoms with van der Waals surface area (Å²) in [6.45, 7) is 3.74. The van der Waals surface area contributed by atoms with Crippen LogP contribution in [0.2, 0.25) is 0 Å². The van der Waals surface area contributed by atoms with E-state index in [4.69, 9.17) is 4.74 Å². The Balaban J connectivity index is 2.15. The number of hydrogen-bond acceptors (Lipinski definition) is 4. The molecular weight excluding hydrogens is 206 g/mol. The molecular formula is C12H21NO3. The zero-order valence-corrected chi connectivity index (χ0v) is 10.1. The van der Waals surface area contributed by atoms with Gasteiger partial charge in [0.05, 0.1) is 18.6 Å². The second kappa shape index (κ2) is 4.34. The number of hydrogen-bond donors (Lipinski definition) is 1. The summed E-state index contributed by atoms with van der Waals surface area (Å²) >= 11 is 0. The van der Waals surface area contributed by atoms with Gasteiger partial charge in [-0.25, -0.2) is 0 Å². The minimum absolute atomic E-state index is 0.148. The molecule has 3 unspecified atom stereocenters. The molecule has 4 heteroatoms. The van der Waals surface area contributed by atoms with Crippen molar-refractivity contribution in [3.05, 3.63) is 0 Å². The number of aliphatic hydroxyl groups is 1. The molecule has 2 heterocycles. The van der Waals surface area contributed by atoms with Crippen molar-refractivity contribution in [2.24, 2.45) is 5.92 Å². The number of methoxy groups -OCH3 is 1. The van der Waals surface area contributed by atoms with Crippen molar-refractivity contribution in [3.63, 3.8) is 0 Å². The van der Waals surface area contributed by atoms with E-state index in [1.165, 1.54) is 13.5 Å². The van der Waals surface area contributed by atoms with Gasteiger partial charge < -0.3 is 9.84 Å². The molecule has 2 aliphatic rings. The van der Waals surface area contributed by atoms with E-state index in [1.54, 1.807) is 6.92 Å². The van der Waals surface area contributed by atoms with Crippen molar-refractivity contribution in [1.82, 2.24) is 4.90 Å². The maximum Gasteiger partial charge on any atom is 0.311 e. The number of esters is 1. The smallest absolute Gasteiger partial charge is 0.311 e. The van der Waals surface area contributed by atoms with Crippen LogP contribution in [0.3, 0.4) is 0 Å². The summed E-state index contributed by atoms with van der Waals surface area (Å²) < 4.78 is 4.75. The highest BCUT2D eigenvalue weighted by Gasteiger charge is 2.52. The molecule has 0 bridgehead atoms. The third kappa shape index (κ3) is 1.74. The molecule has 92 valence electrons. The molecule has 2 saturated heterocycles. The molecule has 3 atom stereocenters. The van der Waals surface area contributed by atoms with Crippen LogP contribution in [-0.2, 0) is 9.53 Å². The lowest BCUT2D eigenvalue weighted by Crippen LogP contribution is -2.52. The van der Waals surface area contributed by atoms with Crippen molar-refractivity contribution in [1.29, 1.82) is 0 Å². The van der Waals surface area contributed by atoms with E-state index in [2.05, 4.69) is 4.90 Å². The number of ether oxygens (including phenoxy) is 1. The lowest BCUT2D eigenvalue weighted by atomic mass is 9.79. The molecule has 0 aromatic rings. The Hall–Kier alpha value is -0.610. The maximum absolute atomic E-state index is 11.6. The summed E-state index contributed by atoms with van der Waals surface area (Å²) in [4.78, 5) is 13.9. The summed E-state index contributed by atoms with van der Waals surface area (Å²) in [6, 6.07) is 0.148. The third-order valence-corrected chi connectivity index (χ3v) is 4.29. The molecule has 0 amide bonds. The largest absolute Gasteiger partial charge is 0.469 e. The summed E-state index contributed by atoms with van der Waals surface area (Å²) in [5.74, 6) is -0.722. The van der Waals surface area contributed by atoms with Gasteiger partial charge in [-0.3, -0.25) is 9.69 Å². The van der Waals surface area contributed by atoms with E-state index in [0.29, 0.717) is 6.42 Å². The van der Waals surface area contributed by atoms with Crippen molar-refractivity contribution in [2.75, 3.05) is 20.2 Å². The van der Waals surface area contributed by atoms with Gasteiger partial charge in [0.1, 0.15) is 0 Å². The Morgan fingerprint density at radius 2 is 2.25 bits per heavy atom. The zero-order valence-electron chi connectivity index (χ0n) is 10.1. The molecule has 2 rings (SSSR count). The summed E-state index contributed by atoms with van der Waals surface area (Å²) in [5.41, 5.74) is -0.881. The maximum atomic E-state index is 11.6. The van der Waals surface area contributed by atoms with Gasteiger partial charge in [-0.1, -0.05) is 6.42 Å². The van der Waals surface area contributed by atoms with E-state index < -0.39 is 11.5 Å². The van der Waals surface area contributed by atoms with E-state index >= 15 is 0 Å². The quantitative estimate of drug-likeness (QED) is 0.708. The molecule has 0 aromatic heterocycles. The topological polar surface area (TPSA) is 49.8 Å². The van der Waals surface area contributed by atoms with Crippen molar-refractivity contribution >= 4 is 5.97 Å². The second-order valence-corrected chi connectivity index (χ2v) is 5.03. The first-order valence-electron chi connectivity index (χ1n) is 6.14. The molecule has 2 fully saturated rings. The number of nitrogens with zero attached hydrogens (tertiary/aromatic N) is 1. The lowest BCUT2D eigenvalue weighted by Gasteiger charge is -2.39. The van der Waals surface area contributed by atoms with Crippen LogP contribution < -0.4 is 0 Å². The highest BCUT2D eigenvalue weighted by molar-refractivity contribution is 5.73. The fourth-order valence-electron chi connectivity index (χ4n) is 3.20. The predicted octanol–water partition coefficient (Wildman–Crippen LogP) is 0.785. The number of piperidine rings is 1. The first kappa shape index (κ1) is 11.9. The van der Waals surface area contributed by atoms with Gasteiger partial charge in [0.15, 0.2) is 0 Å². The Morgan fingerprint density at radius 1 is 1.50 bits per heavy atom. The molecule has 0 spiro atoms. The predicted molar refractivity (Wildman–Crippen MR) is 60.0 cm³/mol. The Kier molecular flexibility index (Phi) is 3.22. The summed E-state index contributed by atoms with van der Waals surface area (Å²) in [5, 5.41) is 10.7. The highest BCUT2D eigenvalue weighted by atomic mass is 16.5. The van der Waals surface area contributed by atoms with Gasteiger partial charge in [0.2, 0.25) is 0 Å². The Bertz CT molecular complexity index is 281. The van der Waals surface area contributed by atoms with Gasteiger partial charge in [-0.2, -0.15) is 0 Å². The van der Waals surface area contributed by atoms with Crippen LogP contribution >= 0.6 is 0 Å². The molecule has 0 saturated carbocycles. The monoisotopic (exact) mass is 227 g/mol. The number of fused-ring (bicyclic) bond motifs is 1. The Labute approximate surface area is 96.6 Å². The summed E-state index contributed by atoms with van der Waals surface area (Å²) in [6.07, 6.45) is 4.04. The average Bonchev–Trinajstić information content (AvgIpc) is 2.67. The molecule has 0 aromatic carbocycles. The highest BCUT2D eigenvalue weighted by Crippen LogP contribution is 2.40. The first-order valence-corrected chi connectivity index (χ1v) is 6.14. The van der Waals surface area contributed by atoms with Crippen LogP contribution in [0.25, 0.3) is 0 Å². The zero-order chi connectivity index (χ0) is 11.8. The fraction of sp³-hybridized carbons (Fsp3) is 0.917. The first-order chi connectivity index (χ1) is 7.59. The van der Waals surface area contributed by atoms with Crippen LogP contribution in [0.15, 0.2) is 0 Å². The molecule has 16 heavy (non-hydrogen) atoms. The average molecular weight is 227 g/mol. The summed E-state index contributed by atoms with van der Waals surface area (Å²) in [7, 11) is 1.38. The van der Waals surface area contributed by atoms with Crippen LogP contribution in [0.1, 0.15) is 32.6 Å². The number of carbonyl (C=O) groups excluding carboxylic acids is 1.